The van der Waals surface area contributed by atoms with Gasteiger partial charge in [-0.25, -0.2) is 0 Å². The Labute approximate surface area is 388 Å². The van der Waals surface area contributed by atoms with E-state index in [-0.39, 0.29) is 0 Å². The number of hydrogen-bond donors (Lipinski definition) is 0. The van der Waals surface area contributed by atoms with Crippen molar-refractivity contribution in [1.29, 1.82) is 0 Å². The van der Waals surface area contributed by atoms with Crippen molar-refractivity contribution >= 4 is 71.7 Å². The van der Waals surface area contributed by atoms with Crippen LogP contribution in [0.25, 0.3) is 110 Å². The van der Waals surface area contributed by atoms with Crippen molar-refractivity contribution in [2.75, 3.05) is 4.90 Å². The van der Waals surface area contributed by atoms with Gasteiger partial charge >= 0.3 is 0 Å². The molecule has 3 nitrogen and oxygen atoms in total. The summed E-state index contributed by atoms with van der Waals surface area (Å²) >= 11 is 0. The molecule has 0 N–H and O–H groups in total. The average Bonchev–Trinajstić information content (AvgIpc) is 3.98. The van der Waals surface area contributed by atoms with Crippen molar-refractivity contribution in [1.82, 2.24) is 0 Å². The van der Waals surface area contributed by atoms with E-state index < -0.39 is 0 Å². The fourth-order valence-corrected chi connectivity index (χ4v) is 9.87. The van der Waals surface area contributed by atoms with E-state index in [4.69, 9.17) is 8.83 Å². The Bertz CT molecular complexity index is 3940. The number of anilines is 3. The molecule has 0 unspecified atom stereocenters. The van der Waals surface area contributed by atoms with Crippen LogP contribution in [0.4, 0.5) is 17.1 Å². The lowest BCUT2D eigenvalue weighted by molar-refractivity contribution is 0.669. The maximum atomic E-state index is 7.02. The van der Waals surface area contributed by atoms with Gasteiger partial charge in [0.2, 0.25) is 0 Å². The largest absolute Gasteiger partial charge is 0.456 e. The average molecular weight is 856 g/mol. The molecule has 67 heavy (non-hydrogen) atoms. The molecule has 0 saturated heterocycles. The molecule has 0 saturated carbocycles. The van der Waals surface area contributed by atoms with Gasteiger partial charge in [-0.3, -0.25) is 0 Å². The lowest BCUT2D eigenvalue weighted by Crippen LogP contribution is -2.10. The molecule has 13 aromatic rings. The molecule has 3 heteroatoms. The molecule has 0 aliphatic rings. The summed E-state index contributed by atoms with van der Waals surface area (Å²) < 4.78 is 13.6. The Balaban J connectivity index is 0.971. The molecular weight excluding hydrogens is 815 g/mol. The van der Waals surface area contributed by atoms with Crippen LogP contribution in [-0.4, -0.2) is 0 Å². The topological polar surface area (TPSA) is 29.5 Å². The van der Waals surface area contributed by atoms with E-state index in [9.17, 15) is 0 Å². The zero-order chi connectivity index (χ0) is 44.3. The number of rotatable bonds is 8. The Morgan fingerprint density at radius 1 is 0.269 bits per heavy atom. The lowest BCUT2D eigenvalue weighted by Gasteiger charge is -2.27. The molecule has 2 aromatic heterocycles. The quantitative estimate of drug-likeness (QED) is 0.152. The summed E-state index contributed by atoms with van der Waals surface area (Å²) in [6.07, 6.45) is 0. The van der Waals surface area contributed by atoms with Crippen LogP contribution >= 0.6 is 0 Å². The molecule has 0 amide bonds. The molecule has 0 bridgehead atoms. The molecule has 2 heterocycles. The van der Waals surface area contributed by atoms with Crippen LogP contribution in [0.5, 0.6) is 0 Å². The molecule has 0 radical (unpaired) electrons. The SMILES string of the molecule is c1ccc(-c2ccc3c(c2)oc2ccc(N(c4ccc(-c5ccc(-c6ccc7ccccc7c6)cc5)cc4)c4ccc(-c5ccccc5)c5oc6cc(-c7ccccc7)ccc6c45)cc23)cc1. The van der Waals surface area contributed by atoms with Crippen LogP contribution in [0.3, 0.4) is 0 Å². The molecule has 11 aromatic carbocycles. The first kappa shape index (κ1) is 38.5. The summed E-state index contributed by atoms with van der Waals surface area (Å²) in [5.41, 5.74) is 17.9. The molecule has 0 aliphatic heterocycles. The van der Waals surface area contributed by atoms with Crippen molar-refractivity contribution < 1.29 is 8.83 Å². The monoisotopic (exact) mass is 855 g/mol. The van der Waals surface area contributed by atoms with Gasteiger partial charge in [0.15, 0.2) is 0 Å². The highest BCUT2D eigenvalue weighted by Crippen LogP contribution is 2.48. The minimum absolute atomic E-state index is 0.842. The van der Waals surface area contributed by atoms with Crippen LogP contribution in [0.1, 0.15) is 0 Å². The minimum Gasteiger partial charge on any atom is -0.456 e. The third kappa shape index (κ3) is 6.84. The predicted octanol–water partition coefficient (Wildman–Crippen LogP) is 18.4. The Morgan fingerprint density at radius 3 is 1.43 bits per heavy atom. The van der Waals surface area contributed by atoms with Crippen molar-refractivity contribution in [3.8, 4) is 55.6 Å². The minimum atomic E-state index is 0.842. The van der Waals surface area contributed by atoms with Gasteiger partial charge in [-0.05, 0) is 134 Å². The highest BCUT2D eigenvalue weighted by Gasteiger charge is 2.24. The number of benzene rings is 11. The third-order valence-electron chi connectivity index (χ3n) is 13.3. The highest BCUT2D eigenvalue weighted by atomic mass is 16.3. The van der Waals surface area contributed by atoms with Gasteiger partial charge in [0.1, 0.15) is 22.3 Å². The summed E-state index contributed by atoms with van der Waals surface area (Å²) in [5.74, 6) is 0. The summed E-state index contributed by atoms with van der Waals surface area (Å²) in [6, 6.07) is 88.8. The number of furan rings is 2. The molecule has 314 valence electrons. The third-order valence-corrected chi connectivity index (χ3v) is 13.3. The van der Waals surface area contributed by atoms with E-state index in [1.807, 2.05) is 6.07 Å². The number of fused-ring (bicyclic) bond motifs is 7. The van der Waals surface area contributed by atoms with Crippen LogP contribution < -0.4 is 4.90 Å². The standard InChI is InChI=1S/C64H41NO2/c1-4-12-42(13-5-1)51-28-33-56-58-41-54(32-37-60(58)66-61(56)39-51)65(53-30-26-46(27-31-53)45-20-22-47(23-21-45)50-25-24-44-16-10-11-19-49(44)38-50)59-36-35-55(48-17-8-3-9-18-48)64-63(59)57-34-29-52(40-62(57)67-64)43-14-6-2-7-15-43/h1-41H. The normalized spacial score (nSPS) is 11.6. The molecule has 0 atom stereocenters. The van der Waals surface area contributed by atoms with E-state index in [2.05, 4.69) is 248 Å². The van der Waals surface area contributed by atoms with Gasteiger partial charge in [0.05, 0.1) is 11.1 Å². The summed E-state index contributed by atoms with van der Waals surface area (Å²) in [4.78, 5) is 2.38. The van der Waals surface area contributed by atoms with Crippen LogP contribution in [0.15, 0.2) is 258 Å². The first-order valence-electron chi connectivity index (χ1n) is 22.8. The van der Waals surface area contributed by atoms with E-state index >= 15 is 0 Å². The predicted molar refractivity (Wildman–Crippen MR) is 280 cm³/mol. The van der Waals surface area contributed by atoms with Gasteiger partial charge in [-0.15, -0.1) is 0 Å². The summed E-state index contributed by atoms with van der Waals surface area (Å²) in [6.45, 7) is 0. The smallest absolute Gasteiger partial charge is 0.145 e. The lowest BCUT2D eigenvalue weighted by atomic mass is 9.97. The van der Waals surface area contributed by atoms with Crippen molar-refractivity contribution in [2.24, 2.45) is 0 Å². The van der Waals surface area contributed by atoms with Crippen LogP contribution in [0.2, 0.25) is 0 Å². The molecule has 0 fully saturated rings. The number of nitrogens with zero attached hydrogens (tertiary/aromatic N) is 1. The second-order valence-corrected chi connectivity index (χ2v) is 17.3. The molecular formula is C64H41NO2. The van der Waals surface area contributed by atoms with Crippen molar-refractivity contribution in [2.45, 2.75) is 0 Å². The van der Waals surface area contributed by atoms with Crippen molar-refractivity contribution in [3.05, 3.63) is 249 Å². The van der Waals surface area contributed by atoms with E-state index in [0.717, 1.165) is 105 Å². The zero-order valence-corrected chi connectivity index (χ0v) is 36.4. The summed E-state index contributed by atoms with van der Waals surface area (Å²) in [5, 5.41) is 6.73. The fraction of sp³-hybridized carbons (Fsp3) is 0. The first-order valence-corrected chi connectivity index (χ1v) is 22.8. The van der Waals surface area contributed by atoms with Crippen molar-refractivity contribution in [3.63, 3.8) is 0 Å². The second kappa shape index (κ2) is 16.0. The zero-order valence-electron chi connectivity index (χ0n) is 36.4. The maximum absolute atomic E-state index is 7.02. The number of hydrogen-bond acceptors (Lipinski definition) is 3. The van der Waals surface area contributed by atoms with Crippen LogP contribution in [-0.2, 0) is 0 Å². The first-order chi connectivity index (χ1) is 33.2. The molecule has 0 spiro atoms. The van der Waals surface area contributed by atoms with Gasteiger partial charge in [-0.1, -0.05) is 176 Å². The fourth-order valence-electron chi connectivity index (χ4n) is 9.87. The van der Waals surface area contributed by atoms with E-state index in [1.54, 1.807) is 0 Å². The Kier molecular flexibility index (Phi) is 9.17. The maximum Gasteiger partial charge on any atom is 0.145 e. The van der Waals surface area contributed by atoms with Crippen LogP contribution in [0, 0.1) is 0 Å². The van der Waals surface area contributed by atoms with Gasteiger partial charge in [0.25, 0.3) is 0 Å². The summed E-state index contributed by atoms with van der Waals surface area (Å²) in [7, 11) is 0. The molecule has 0 aliphatic carbocycles. The Morgan fingerprint density at radius 2 is 0.761 bits per heavy atom. The van der Waals surface area contributed by atoms with E-state index in [1.165, 1.54) is 21.9 Å². The van der Waals surface area contributed by atoms with E-state index in [0.29, 0.717) is 0 Å². The molecule has 13 rings (SSSR count). The van der Waals surface area contributed by atoms with Gasteiger partial charge in [-0.2, -0.15) is 0 Å². The van der Waals surface area contributed by atoms with Gasteiger partial charge < -0.3 is 13.7 Å². The second-order valence-electron chi connectivity index (χ2n) is 17.3. The highest BCUT2D eigenvalue weighted by molar-refractivity contribution is 6.18. The van der Waals surface area contributed by atoms with Gasteiger partial charge in [0, 0.05) is 33.1 Å². The Hall–Kier alpha value is -8.92.